The van der Waals surface area contributed by atoms with Crippen molar-refractivity contribution in [3.63, 3.8) is 0 Å². The summed E-state index contributed by atoms with van der Waals surface area (Å²) in [4.78, 5) is 21.7. The highest BCUT2D eigenvalue weighted by Gasteiger charge is 2.18. The number of hydrogen-bond acceptors (Lipinski definition) is 3. The molecule has 1 amide bonds. The first-order chi connectivity index (χ1) is 7.09. The first kappa shape index (κ1) is 11.2. The van der Waals surface area contributed by atoms with Crippen molar-refractivity contribution in [3.8, 4) is 0 Å². The Balaban J connectivity index is 2.67. The van der Waals surface area contributed by atoms with Gasteiger partial charge in [0, 0.05) is 13.3 Å². The van der Waals surface area contributed by atoms with Crippen molar-refractivity contribution >= 4 is 11.9 Å². The van der Waals surface area contributed by atoms with E-state index in [2.05, 4.69) is 0 Å². The molecule has 0 bridgehead atoms. The van der Waals surface area contributed by atoms with Gasteiger partial charge < -0.3 is 10.5 Å². The van der Waals surface area contributed by atoms with Gasteiger partial charge in [0.1, 0.15) is 0 Å². The average molecular weight is 207 g/mol. The van der Waals surface area contributed by atoms with Crippen molar-refractivity contribution in [3.05, 3.63) is 35.9 Å². The molecule has 0 aliphatic heterocycles. The second-order valence-corrected chi connectivity index (χ2v) is 3.19. The van der Waals surface area contributed by atoms with Crippen molar-refractivity contribution in [2.24, 2.45) is 5.73 Å². The zero-order valence-electron chi connectivity index (χ0n) is 8.47. The molecule has 4 heteroatoms. The fourth-order valence-corrected chi connectivity index (χ4v) is 1.23. The molecule has 80 valence electrons. The lowest BCUT2D eigenvalue weighted by Crippen LogP contribution is -2.34. The molecule has 1 atom stereocenters. The zero-order valence-corrected chi connectivity index (χ0v) is 8.47. The van der Waals surface area contributed by atoms with Crippen LogP contribution in [0.2, 0.25) is 0 Å². The molecule has 0 fully saturated rings. The minimum Gasteiger partial charge on any atom is -0.452 e. The molecule has 4 nitrogen and oxygen atoms in total. The predicted molar refractivity (Wildman–Crippen MR) is 54.9 cm³/mol. The lowest BCUT2D eigenvalue weighted by molar-refractivity contribution is -0.152. The molecular weight excluding hydrogens is 194 g/mol. The summed E-state index contributed by atoms with van der Waals surface area (Å²) >= 11 is 0. The fourth-order valence-electron chi connectivity index (χ4n) is 1.23. The van der Waals surface area contributed by atoms with Gasteiger partial charge in [0.25, 0.3) is 5.91 Å². The lowest BCUT2D eigenvalue weighted by atomic mass is 10.1. The van der Waals surface area contributed by atoms with Crippen LogP contribution in [0.15, 0.2) is 30.3 Å². The van der Waals surface area contributed by atoms with Gasteiger partial charge in [0.2, 0.25) is 0 Å². The van der Waals surface area contributed by atoms with Gasteiger partial charge in [0.15, 0.2) is 6.10 Å². The van der Waals surface area contributed by atoms with Crippen molar-refractivity contribution < 1.29 is 14.3 Å². The molecule has 0 unspecified atom stereocenters. The summed E-state index contributed by atoms with van der Waals surface area (Å²) < 4.78 is 4.80. The molecule has 0 aromatic heterocycles. The Morgan fingerprint density at radius 3 is 2.40 bits per heavy atom. The third kappa shape index (κ3) is 3.81. The normalized spacial score (nSPS) is 11.8. The molecule has 0 radical (unpaired) electrons. The summed E-state index contributed by atoms with van der Waals surface area (Å²) in [5.41, 5.74) is 6.02. The van der Waals surface area contributed by atoms with Gasteiger partial charge in [-0.25, -0.2) is 0 Å². The van der Waals surface area contributed by atoms with Crippen molar-refractivity contribution in [1.82, 2.24) is 0 Å². The van der Waals surface area contributed by atoms with E-state index in [-0.39, 0.29) is 0 Å². The molecule has 0 aliphatic rings. The molecule has 0 saturated carbocycles. The van der Waals surface area contributed by atoms with E-state index in [0.717, 1.165) is 5.56 Å². The number of nitrogens with two attached hydrogens (primary N) is 1. The maximum atomic E-state index is 11.0. The van der Waals surface area contributed by atoms with Crippen LogP contribution in [0.25, 0.3) is 0 Å². The number of primary amides is 1. The highest BCUT2D eigenvalue weighted by Crippen LogP contribution is 2.05. The quantitative estimate of drug-likeness (QED) is 0.737. The summed E-state index contributed by atoms with van der Waals surface area (Å²) in [6.07, 6.45) is -0.569. The smallest absolute Gasteiger partial charge is 0.303 e. The van der Waals surface area contributed by atoms with Gasteiger partial charge in [-0.2, -0.15) is 0 Å². The van der Waals surface area contributed by atoms with E-state index in [0.29, 0.717) is 6.42 Å². The molecule has 1 aromatic carbocycles. The van der Waals surface area contributed by atoms with Crippen LogP contribution in [0.3, 0.4) is 0 Å². The molecule has 0 saturated heterocycles. The Kier molecular flexibility index (Phi) is 3.85. The van der Waals surface area contributed by atoms with Crippen LogP contribution in [-0.4, -0.2) is 18.0 Å². The van der Waals surface area contributed by atoms with Gasteiger partial charge in [0.05, 0.1) is 0 Å². The number of benzene rings is 1. The summed E-state index contributed by atoms with van der Waals surface area (Å²) in [7, 11) is 0. The summed E-state index contributed by atoms with van der Waals surface area (Å²) in [5.74, 6) is -1.14. The van der Waals surface area contributed by atoms with Crippen molar-refractivity contribution in [2.75, 3.05) is 0 Å². The van der Waals surface area contributed by atoms with E-state index in [4.69, 9.17) is 10.5 Å². The summed E-state index contributed by atoms with van der Waals surface area (Å²) in [6, 6.07) is 9.26. The fraction of sp³-hybridized carbons (Fsp3) is 0.273. The van der Waals surface area contributed by atoms with E-state index < -0.39 is 18.0 Å². The molecule has 1 aromatic rings. The maximum absolute atomic E-state index is 11.0. The minimum atomic E-state index is -0.884. The van der Waals surface area contributed by atoms with Crippen molar-refractivity contribution in [1.29, 1.82) is 0 Å². The number of esters is 1. The minimum absolute atomic E-state index is 0.315. The number of rotatable bonds is 4. The number of amides is 1. The predicted octanol–water partition coefficient (Wildman–Crippen LogP) is 0.646. The largest absolute Gasteiger partial charge is 0.452 e. The van der Waals surface area contributed by atoms with E-state index in [1.54, 1.807) is 0 Å². The maximum Gasteiger partial charge on any atom is 0.303 e. The average Bonchev–Trinajstić information content (AvgIpc) is 2.17. The molecule has 2 N–H and O–H groups in total. The molecule has 0 heterocycles. The second kappa shape index (κ2) is 5.14. The molecule has 1 rings (SSSR count). The van der Waals surface area contributed by atoms with E-state index >= 15 is 0 Å². The number of hydrogen-bond donors (Lipinski definition) is 1. The third-order valence-electron chi connectivity index (χ3n) is 1.89. The summed E-state index contributed by atoms with van der Waals surface area (Å²) in [6.45, 7) is 1.25. The SMILES string of the molecule is CC(=O)O[C@@H](Cc1ccccc1)C(N)=O. The van der Waals surface area contributed by atoms with Crippen molar-refractivity contribution in [2.45, 2.75) is 19.4 Å². The second-order valence-electron chi connectivity index (χ2n) is 3.19. The van der Waals surface area contributed by atoms with Crippen LogP contribution < -0.4 is 5.73 Å². The number of carbonyl (C=O) groups excluding carboxylic acids is 2. The Labute approximate surface area is 88.0 Å². The highest BCUT2D eigenvalue weighted by molar-refractivity contribution is 5.82. The van der Waals surface area contributed by atoms with Gasteiger partial charge in [-0.3, -0.25) is 9.59 Å². The molecule has 15 heavy (non-hydrogen) atoms. The molecule has 0 spiro atoms. The van der Waals surface area contributed by atoms with Crippen LogP contribution in [0, 0.1) is 0 Å². The van der Waals surface area contributed by atoms with Gasteiger partial charge >= 0.3 is 5.97 Å². The Hall–Kier alpha value is -1.84. The van der Waals surface area contributed by atoms with Gasteiger partial charge in [-0.05, 0) is 5.56 Å². The standard InChI is InChI=1S/C11H13NO3/c1-8(13)15-10(11(12)14)7-9-5-3-2-4-6-9/h2-6,10H,7H2,1H3,(H2,12,14)/t10-/m0/s1. The Bertz CT molecular complexity index is 348. The van der Waals surface area contributed by atoms with Crippen LogP contribution in [0.5, 0.6) is 0 Å². The highest BCUT2D eigenvalue weighted by atomic mass is 16.5. The molecule has 0 aliphatic carbocycles. The topological polar surface area (TPSA) is 69.4 Å². The van der Waals surface area contributed by atoms with Crippen LogP contribution in [-0.2, 0) is 20.7 Å². The number of carbonyl (C=O) groups is 2. The van der Waals surface area contributed by atoms with Crippen LogP contribution in [0.4, 0.5) is 0 Å². The van der Waals surface area contributed by atoms with Gasteiger partial charge in [-0.1, -0.05) is 30.3 Å². The third-order valence-corrected chi connectivity index (χ3v) is 1.89. The Morgan fingerprint density at radius 2 is 1.93 bits per heavy atom. The zero-order chi connectivity index (χ0) is 11.3. The van der Waals surface area contributed by atoms with Crippen LogP contribution in [0.1, 0.15) is 12.5 Å². The Morgan fingerprint density at radius 1 is 1.33 bits per heavy atom. The van der Waals surface area contributed by atoms with E-state index in [9.17, 15) is 9.59 Å². The first-order valence-corrected chi connectivity index (χ1v) is 4.60. The first-order valence-electron chi connectivity index (χ1n) is 4.60. The van der Waals surface area contributed by atoms with E-state index in [1.165, 1.54) is 6.92 Å². The van der Waals surface area contributed by atoms with Gasteiger partial charge in [-0.15, -0.1) is 0 Å². The molecular formula is C11H13NO3. The monoisotopic (exact) mass is 207 g/mol. The summed E-state index contributed by atoms with van der Waals surface area (Å²) in [5, 5.41) is 0. The number of ether oxygens (including phenoxy) is 1. The van der Waals surface area contributed by atoms with E-state index in [1.807, 2.05) is 30.3 Å². The van der Waals surface area contributed by atoms with Crippen LogP contribution >= 0.6 is 0 Å². The lowest BCUT2D eigenvalue weighted by Gasteiger charge is -2.13.